The lowest BCUT2D eigenvalue weighted by atomic mass is 9.87. The first kappa shape index (κ1) is 68.5. The monoisotopic (exact) mass is 1380 g/mol. The first-order valence-electron chi connectivity index (χ1n) is 32.0. The number of benzene rings is 6. The van der Waals surface area contributed by atoms with Crippen LogP contribution < -0.4 is 9.47 Å². The van der Waals surface area contributed by atoms with Crippen molar-refractivity contribution in [3.63, 3.8) is 0 Å². The van der Waals surface area contributed by atoms with Crippen LogP contribution in [0.2, 0.25) is 0 Å². The second-order valence-corrected chi connectivity index (χ2v) is 26.0. The van der Waals surface area contributed by atoms with Crippen molar-refractivity contribution in [2.45, 2.75) is 65.8 Å². The number of hydrogen-bond acceptors (Lipinski definition) is 14. The number of imidazole rings is 2. The number of ether oxygens (including phenoxy) is 4. The summed E-state index contributed by atoms with van der Waals surface area (Å²) >= 11 is 0. The smallest absolute Gasteiger partial charge is 0.335 e. The van der Waals surface area contributed by atoms with Crippen molar-refractivity contribution >= 4 is 34.0 Å². The molecular formula is C76H62F6N12O8. The maximum atomic E-state index is 15.8. The van der Waals surface area contributed by atoms with Crippen LogP contribution in [0.25, 0.3) is 44.6 Å². The molecule has 2 fully saturated rings. The zero-order chi connectivity index (χ0) is 71.7. The first-order valence-corrected chi connectivity index (χ1v) is 32.0. The fourth-order valence-corrected chi connectivity index (χ4v) is 12.2. The molecule has 2 saturated heterocycles. The Morgan fingerprint density at radius 2 is 0.912 bits per heavy atom. The molecule has 6 aromatic carbocycles. The third-order valence-corrected chi connectivity index (χ3v) is 17.9. The van der Waals surface area contributed by atoms with E-state index in [1.165, 1.54) is 58.2 Å². The van der Waals surface area contributed by atoms with Crippen LogP contribution in [0.5, 0.6) is 11.8 Å². The van der Waals surface area contributed by atoms with E-state index in [1.54, 1.807) is 86.9 Å². The molecule has 0 spiro atoms. The summed E-state index contributed by atoms with van der Waals surface area (Å²) in [5.41, 5.74) is 4.61. The van der Waals surface area contributed by atoms with Crippen LogP contribution in [0.1, 0.15) is 117 Å². The molecule has 0 saturated carbocycles. The van der Waals surface area contributed by atoms with Crippen LogP contribution in [0.15, 0.2) is 146 Å². The third kappa shape index (κ3) is 14.5. The van der Waals surface area contributed by atoms with Gasteiger partial charge in [-0.1, -0.05) is 74.2 Å². The fraction of sp³-hybridized carbons (Fsp3) is 0.237. The summed E-state index contributed by atoms with van der Waals surface area (Å²) in [5, 5.41) is 34.4. The number of pyridine rings is 2. The first-order chi connectivity index (χ1) is 48.9. The van der Waals surface area contributed by atoms with Crippen molar-refractivity contribution in [1.82, 2.24) is 59.1 Å². The highest BCUT2D eigenvalue weighted by molar-refractivity contribution is 5.93. The van der Waals surface area contributed by atoms with Gasteiger partial charge in [-0.3, -0.25) is 0 Å². The zero-order valence-corrected chi connectivity index (χ0v) is 55.6. The standard InChI is InChI=1S/2C38H31F3N6O4/c2*1-38(2)21-50-20-34(38)47-33-15-23(37(48)49)10-12-32(33)43-35(47)16-25-14-30(41)27(17-29(25)40)31-5-4-6-36(44-31)51-19-24-9-7-22(13-28(24)39)8-11-26-18-42-45-46(26)3/h2*4-7,9-10,12-15,17-18,34H,16,19-21H2,1-3H3,(H,48,49). The summed E-state index contributed by atoms with van der Waals surface area (Å²) in [6.45, 7) is 9.50. The molecule has 2 unspecified atom stereocenters. The summed E-state index contributed by atoms with van der Waals surface area (Å²) in [7, 11) is 3.41. The molecule has 6 aromatic heterocycles. The van der Waals surface area contributed by atoms with E-state index in [0.29, 0.717) is 82.7 Å². The lowest BCUT2D eigenvalue weighted by Gasteiger charge is -2.28. The number of nitrogens with zero attached hydrogens (tertiary/aromatic N) is 12. The molecule has 102 heavy (non-hydrogen) atoms. The SMILES string of the molecule is Cn1nncc1C#Cc1ccc(COc2cccc(-c3cc(F)c(Cc4nc5ccc(C(=O)O)cc5n4C4COCC4(C)C)cc3F)n2)c(F)c1.Cn1nncc1C#Cc1ccc(COc2cccc(-c3cc(F)c(Cc4nc5ccc(C(=O)O)cc5n4C4COCC4(C)C)cc3F)n2)c(F)c1. The fourth-order valence-electron chi connectivity index (χ4n) is 12.2. The number of aromatic carboxylic acids is 2. The number of carbonyl (C=O) groups is 2. The summed E-state index contributed by atoms with van der Waals surface area (Å²) in [6.07, 6.45) is 2.90. The van der Waals surface area contributed by atoms with Crippen molar-refractivity contribution in [3.8, 4) is 58.0 Å². The van der Waals surface area contributed by atoms with Crippen molar-refractivity contribution in [3.05, 3.63) is 248 Å². The molecule has 20 nitrogen and oxygen atoms in total. The number of halogens is 6. The summed E-state index contributed by atoms with van der Waals surface area (Å²) in [5.74, 6) is 6.65. The summed E-state index contributed by atoms with van der Waals surface area (Å²) < 4.78 is 123. The number of rotatable bonds is 16. The van der Waals surface area contributed by atoms with Crippen LogP contribution in [-0.4, -0.2) is 108 Å². The van der Waals surface area contributed by atoms with Gasteiger partial charge in [-0.25, -0.2) is 65.2 Å². The van der Waals surface area contributed by atoms with E-state index in [1.807, 2.05) is 36.8 Å². The van der Waals surface area contributed by atoms with Gasteiger partial charge in [-0.15, -0.1) is 10.2 Å². The molecule has 14 rings (SSSR count). The number of aromatic nitrogens is 12. The number of carboxylic acids is 2. The van der Waals surface area contributed by atoms with Gasteiger partial charge in [0.05, 0.1) is 95.5 Å². The van der Waals surface area contributed by atoms with Gasteiger partial charge >= 0.3 is 11.9 Å². The van der Waals surface area contributed by atoms with Gasteiger partial charge < -0.3 is 38.3 Å². The van der Waals surface area contributed by atoms with Crippen molar-refractivity contribution in [1.29, 1.82) is 0 Å². The highest BCUT2D eigenvalue weighted by Gasteiger charge is 2.41. The van der Waals surface area contributed by atoms with Gasteiger partial charge in [0.1, 0.15) is 71.2 Å². The topological polar surface area (TPSA) is 234 Å². The number of aryl methyl sites for hydroxylation is 2. The minimum atomic E-state index is -1.08. The van der Waals surface area contributed by atoms with E-state index >= 15 is 17.6 Å². The average molecular weight is 1390 g/mol. The highest BCUT2D eigenvalue weighted by Crippen LogP contribution is 2.43. The van der Waals surface area contributed by atoms with Crippen molar-refractivity contribution in [2.75, 3.05) is 26.4 Å². The van der Waals surface area contributed by atoms with Crippen LogP contribution in [0.3, 0.4) is 0 Å². The second kappa shape index (κ2) is 28.3. The van der Waals surface area contributed by atoms with Crippen LogP contribution >= 0.6 is 0 Å². The highest BCUT2D eigenvalue weighted by atomic mass is 19.1. The molecule has 8 heterocycles. The number of fused-ring (bicyclic) bond motifs is 2. The van der Waals surface area contributed by atoms with Gasteiger partial charge in [-0.05, 0) is 120 Å². The largest absolute Gasteiger partial charge is 0.478 e. The quantitative estimate of drug-likeness (QED) is 0.0676. The summed E-state index contributed by atoms with van der Waals surface area (Å²) in [4.78, 5) is 41.7. The van der Waals surface area contributed by atoms with E-state index in [4.69, 9.17) is 28.9 Å². The minimum Gasteiger partial charge on any atom is -0.478 e. The lowest BCUT2D eigenvalue weighted by molar-refractivity contribution is 0.0686. The Morgan fingerprint density at radius 3 is 1.27 bits per heavy atom. The van der Waals surface area contributed by atoms with E-state index in [-0.39, 0.29) is 117 Å². The molecule has 2 aliphatic heterocycles. The van der Waals surface area contributed by atoms with Gasteiger partial charge in [0.2, 0.25) is 11.8 Å². The lowest BCUT2D eigenvalue weighted by Crippen LogP contribution is -2.27. The van der Waals surface area contributed by atoms with Crippen molar-refractivity contribution in [2.24, 2.45) is 24.9 Å². The van der Waals surface area contributed by atoms with Crippen LogP contribution in [-0.2, 0) is 49.6 Å². The van der Waals surface area contributed by atoms with Crippen LogP contribution in [0, 0.1) is 69.4 Å². The average Bonchev–Trinajstić information content (AvgIpc) is 1.60. The van der Waals surface area contributed by atoms with Crippen LogP contribution in [0.4, 0.5) is 26.3 Å². The maximum Gasteiger partial charge on any atom is 0.335 e. The maximum absolute atomic E-state index is 15.8. The van der Waals surface area contributed by atoms with E-state index < -0.39 is 46.8 Å². The molecular weight excluding hydrogens is 1320 g/mol. The number of hydrogen-bond donors (Lipinski definition) is 2. The molecule has 0 amide bonds. The molecule has 0 aliphatic carbocycles. The van der Waals surface area contributed by atoms with E-state index in [9.17, 15) is 28.6 Å². The second-order valence-electron chi connectivity index (χ2n) is 26.0. The normalized spacial score (nSPS) is 15.1. The predicted octanol–water partition coefficient (Wildman–Crippen LogP) is 13.0. The Balaban J connectivity index is 0.000000182. The Kier molecular flexibility index (Phi) is 19.0. The summed E-state index contributed by atoms with van der Waals surface area (Å²) in [6, 6.07) is 31.6. The Labute approximate surface area is 579 Å². The van der Waals surface area contributed by atoms with E-state index in [0.717, 1.165) is 24.3 Å². The van der Waals surface area contributed by atoms with Gasteiger partial charge in [0.15, 0.2) is 0 Å². The van der Waals surface area contributed by atoms with Crippen molar-refractivity contribution < 1.29 is 65.1 Å². The van der Waals surface area contributed by atoms with Gasteiger partial charge in [-0.2, -0.15) is 0 Å². The zero-order valence-electron chi connectivity index (χ0n) is 55.6. The Hall–Kier alpha value is -12.0. The molecule has 12 aromatic rings. The van der Waals surface area contributed by atoms with E-state index in [2.05, 4.69) is 54.3 Å². The predicted molar refractivity (Wildman–Crippen MR) is 361 cm³/mol. The molecule has 516 valence electrons. The Morgan fingerprint density at radius 1 is 0.500 bits per heavy atom. The molecule has 2 atom stereocenters. The Bertz CT molecular complexity index is 5080. The molecule has 26 heteroatoms. The molecule has 0 radical (unpaired) electrons. The molecule has 2 aliphatic rings. The number of carboxylic acid groups (broad SMARTS) is 2. The third-order valence-electron chi connectivity index (χ3n) is 17.9. The minimum absolute atomic E-state index is 0.0558. The molecule has 2 N–H and O–H groups in total. The van der Waals surface area contributed by atoms with Gasteiger partial charge in [0.25, 0.3) is 0 Å². The van der Waals surface area contributed by atoms with Gasteiger partial charge in [0, 0.05) is 83.3 Å². The molecule has 0 bridgehead atoms.